The molecule has 0 unspecified atom stereocenters. The van der Waals surface area contributed by atoms with Gasteiger partial charge in [-0.2, -0.15) is 0 Å². The molecule has 0 radical (unpaired) electrons. The van der Waals surface area contributed by atoms with Gasteiger partial charge in [0, 0.05) is 45.3 Å². The third-order valence-electron chi connectivity index (χ3n) is 5.59. The molecule has 0 bridgehead atoms. The van der Waals surface area contributed by atoms with Crippen LogP contribution in [-0.2, 0) is 4.79 Å². The lowest BCUT2D eigenvalue weighted by atomic mass is 10.1. The van der Waals surface area contributed by atoms with Crippen LogP contribution in [0.15, 0.2) is 4.99 Å². The zero-order chi connectivity index (χ0) is 18.8. The zero-order valence-electron chi connectivity index (χ0n) is 16.9. The van der Waals surface area contributed by atoms with Crippen molar-refractivity contribution in [1.82, 2.24) is 25.8 Å². The molecule has 1 amide bonds. The second-order valence-corrected chi connectivity index (χ2v) is 7.55. The van der Waals surface area contributed by atoms with Crippen LogP contribution in [0.1, 0.15) is 45.4 Å². The van der Waals surface area contributed by atoms with Crippen LogP contribution in [0, 0.1) is 0 Å². The molecule has 0 aromatic carbocycles. The van der Waals surface area contributed by atoms with Crippen molar-refractivity contribution < 1.29 is 4.79 Å². The van der Waals surface area contributed by atoms with E-state index in [1.807, 2.05) is 0 Å². The predicted molar refractivity (Wildman–Crippen MR) is 108 cm³/mol. The number of amides is 1. The van der Waals surface area contributed by atoms with E-state index >= 15 is 0 Å². The molecule has 2 aliphatic rings. The van der Waals surface area contributed by atoms with Gasteiger partial charge in [0.2, 0.25) is 5.91 Å². The predicted octanol–water partition coefficient (Wildman–Crippen LogP) is 0.626. The molecule has 0 aromatic rings. The summed E-state index contributed by atoms with van der Waals surface area (Å²) >= 11 is 0. The van der Waals surface area contributed by atoms with Gasteiger partial charge in [-0.15, -0.1) is 0 Å². The Balaban J connectivity index is 1.72. The van der Waals surface area contributed by atoms with Crippen molar-refractivity contribution in [2.75, 3.05) is 53.4 Å². The number of carbonyl (C=O) groups excluding carboxylic acids is 1. The molecule has 1 aliphatic heterocycles. The zero-order valence-corrected chi connectivity index (χ0v) is 16.9. The number of hydrogen-bond acceptors (Lipinski definition) is 4. The normalized spacial score (nSPS) is 20.5. The van der Waals surface area contributed by atoms with Crippen molar-refractivity contribution in [3.8, 4) is 0 Å². The Morgan fingerprint density at radius 1 is 1.19 bits per heavy atom. The summed E-state index contributed by atoms with van der Waals surface area (Å²) in [5.74, 6) is 1.02. The SMILES string of the molecule is CCNC(=NCCN(C)C1CCCC1)NC1CCN(CC(=O)NC)CC1. The molecule has 2 rings (SSSR count). The number of likely N-dealkylation sites (tertiary alicyclic amines) is 1. The van der Waals surface area contributed by atoms with Gasteiger partial charge in [-0.25, -0.2) is 0 Å². The first-order chi connectivity index (χ1) is 12.6. The third kappa shape index (κ3) is 7.11. The number of hydrogen-bond donors (Lipinski definition) is 3. The van der Waals surface area contributed by atoms with E-state index in [0.717, 1.165) is 57.6 Å². The average molecular weight is 367 g/mol. The molecule has 0 atom stereocenters. The summed E-state index contributed by atoms with van der Waals surface area (Å²) in [5, 5.41) is 9.65. The summed E-state index contributed by atoms with van der Waals surface area (Å²) < 4.78 is 0. The highest BCUT2D eigenvalue weighted by Crippen LogP contribution is 2.21. The summed E-state index contributed by atoms with van der Waals surface area (Å²) in [6, 6.07) is 1.19. The molecule has 150 valence electrons. The Hall–Kier alpha value is -1.34. The number of piperidine rings is 1. The van der Waals surface area contributed by atoms with Crippen LogP contribution in [0.25, 0.3) is 0 Å². The Morgan fingerprint density at radius 3 is 2.50 bits per heavy atom. The minimum absolute atomic E-state index is 0.0951. The summed E-state index contributed by atoms with van der Waals surface area (Å²) in [6.45, 7) is 7.24. The van der Waals surface area contributed by atoms with Crippen molar-refractivity contribution >= 4 is 11.9 Å². The second-order valence-electron chi connectivity index (χ2n) is 7.55. The van der Waals surface area contributed by atoms with Crippen LogP contribution in [-0.4, -0.2) is 87.1 Å². The van der Waals surface area contributed by atoms with Gasteiger partial charge in [-0.1, -0.05) is 12.8 Å². The van der Waals surface area contributed by atoms with E-state index in [2.05, 4.69) is 39.7 Å². The summed E-state index contributed by atoms with van der Waals surface area (Å²) in [7, 11) is 3.92. The number of carbonyl (C=O) groups is 1. The summed E-state index contributed by atoms with van der Waals surface area (Å²) in [6.07, 6.45) is 7.52. The lowest BCUT2D eigenvalue weighted by Gasteiger charge is -2.32. The minimum atomic E-state index is 0.0951. The Kier molecular flexibility index (Phi) is 9.18. The monoisotopic (exact) mass is 366 g/mol. The van der Waals surface area contributed by atoms with Gasteiger partial charge in [0.1, 0.15) is 0 Å². The van der Waals surface area contributed by atoms with Crippen molar-refractivity contribution in [2.45, 2.75) is 57.5 Å². The molecule has 7 nitrogen and oxygen atoms in total. The number of nitrogens with one attached hydrogen (secondary N) is 3. The van der Waals surface area contributed by atoms with Gasteiger partial charge in [0.25, 0.3) is 0 Å². The van der Waals surface area contributed by atoms with Crippen molar-refractivity contribution in [1.29, 1.82) is 0 Å². The molecular weight excluding hydrogens is 328 g/mol. The van der Waals surface area contributed by atoms with Gasteiger partial charge < -0.3 is 20.9 Å². The minimum Gasteiger partial charge on any atom is -0.358 e. The van der Waals surface area contributed by atoms with Crippen molar-refractivity contribution in [3.63, 3.8) is 0 Å². The maximum Gasteiger partial charge on any atom is 0.233 e. The number of guanidine groups is 1. The molecule has 26 heavy (non-hydrogen) atoms. The van der Waals surface area contributed by atoms with E-state index in [-0.39, 0.29) is 5.91 Å². The van der Waals surface area contributed by atoms with E-state index in [4.69, 9.17) is 4.99 Å². The van der Waals surface area contributed by atoms with E-state index in [1.54, 1.807) is 7.05 Å². The van der Waals surface area contributed by atoms with Crippen LogP contribution in [0.2, 0.25) is 0 Å². The standard InChI is InChI=1S/C19H38N6O/c1-4-21-19(22-11-14-24(3)17-7-5-6-8-17)23-16-9-12-25(13-10-16)15-18(26)20-2/h16-17H,4-15H2,1-3H3,(H,20,26)(H2,21,22,23). The number of nitrogens with zero attached hydrogens (tertiary/aromatic N) is 3. The van der Waals surface area contributed by atoms with Gasteiger partial charge >= 0.3 is 0 Å². The van der Waals surface area contributed by atoms with Gasteiger partial charge in [-0.05, 0) is 39.7 Å². The number of likely N-dealkylation sites (N-methyl/N-ethyl adjacent to an activating group) is 2. The first kappa shape index (κ1) is 21.0. The van der Waals surface area contributed by atoms with Crippen LogP contribution in [0.4, 0.5) is 0 Å². The van der Waals surface area contributed by atoms with Gasteiger partial charge in [-0.3, -0.25) is 14.7 Å². The van der Waals surface area contributed by atoms with Crippen molar-refractivity contribution in [2.24, 2.45) is 4.99 Å². The quantitative estimate of drug-likeness (QED) is 0.434. The largest absolute Gasteiger partial charge is 0.358 e. The van der Waals surface area contributed by atoms with Crippen LogP contribution < -0.4 is 16.0 Å². The first-order valence-electron chi connectivity index (χ1n) is 10.3. The maximum atomic E-state index is 11.5. The van der Waals surface area contributed by atoms with Crippen LogP contribution in [0.3, 0.4) is 0 Å². The fourth-order valence-corrected chi connectivity index (χ4v) is 3.88. The Morgan fingerprint density at radius 2 is 1.88 bits per heavy atom. The van der Waals surface area contributed by atoms with E-state index < -0.39 is 0 Å². The van der Waals surface area contributed by atoms with Crippen molar-refractivity contribution in [3.05, 3.63) is 0 Å². The average Bonchev–Trinajstić information content (AvgIpc) is 3.18. The lowest BCUT2D eigenvalue weighted by Crippen LogP contribution is -2.50. The summed E-state index contributed by atoms with van der Waals surface area (Å²) in [5.41, 5.74) is 0. The molecule has 1 saturated carbocycles. The highest BCUT2D eigenvalue weighted by Gasteiger charge is 2.21. The Bertz CT molecular complexity index is 441. The van der Waals surface area contributed by atoms with E-state index in [9.17, 15) is 4.79 Å². The van der Waals surface area contributed by atoms with E-state index in [0.29, 0.717) is 12.6 Å². The maximum absolute atomic E-state index is 11.5. The molecule has 1 heterocycles. The molecule has 1 saturated heterocycles. The second kappa shape index (κ2) is 11.4. The molecule has 0 spiro atoms. The molecule has 1 aliphatic carbocycles. The first-order valence-corrected chi connectivity index (χ1v) is 10.3. The summed E-state index contributed by atoms with van der Waals surface area (Å²) in [4.78, 5) is 21.0. The van der Waals surface area contributed by atoms with E-state index in [1.165, 1.54) is 25.7 Å². The topological polar surface area (TPSA) is 72.0 Å². The van der Waals surface area contributed by atoms with Gasteiger partial charge in [0.05, 0.1) is 13.1 Å². The highest BCUT2D eigenvalue weighted by molar-refractivity contribution is 5.80. The fourth-order valence-electron chi connectivity index (χ4n) is 3.88. The van der Waals surface area contributed by atoms with Crippen LogP contribution >= 0.6 is 0 Å². The Labute approximate surface area is 159 Å². The van der Waals surface area contributed by atoms with Gasteiger partial charge in [0.15, 0.2) is 5.96 Å². The molecular formula is C19H38N6O. The smallest absolute Gasteiger partial charge is 0.233 e. The lowest BCUT2D eigenvalue weighted by molar-refractivity contribution is -0.122. The molecule has 7 heteroatoms. The number of aliphatic imine (C=N–C) groups is 1. The number of rotatable bonds is 8. The molecule has 3 N–H and O–H groups in total. The molecule has 2 fully saturated rings. The van der Waals surface area contributed by atoms with Crippen LogP contribution in [0.5, 0.6) is 0 Å². The third-order valence-corrected chi connectivity index (χ3v) is 5.59. The molecule has 0 aromatic heterocycles. The highest BCUT2D eigenvalue weighted by atomic mass is 16.1. The fraction of sp³-hybridized carbons (Fsp3) is 0.895.